The van der Waals surface area contributed by atoms with Gasteiger partial charge in [0.05, 0.1) is 6.04 Å². The molecule has 0 bridgehead atoms. The van der Waals surface area contributed by atoms with Crippen LogP contribution in [0.1, 0.15) is 30.5 Å². The highest BCUT2D eigenvalue weighted by molar-refractivity contribution is 6.30. The molecular weight excluding hydrogens is 420 g/mol. The molecule has 4 rings (SSSR count). The highest BCUT2D eigenvalue weighted by Crippen LogP contribution is 2.29. The van der Waals surface area contributed by atoms with E-state index in [1.54, 1.807) is 24.3 Å². The Morgan fingerprint density at radius 1 is 0.844 bits per heavy atom. The molecule has 0 spiro atoms. The van der Waals surface area contributed by atoms with Crippen LogP contribution in [0.25, 0.3) is 0 Å². The second kappa shape index (κ2) is 10.7. The maximum absolute atomic E-state index is 13.2. The maximum Gasteiger partial charge on any atom is 0.263 e. The summed E-state index contributed by atoms with van der Waals surface area (Å²) in [5.74, 6) is 0.722. The molecule has 0 radical (unpaired) electrons. The van der Waals surface area contributed by atoms with Gasteiger partial charge >= 0.3 is 0 Å². The summed E-state index contributed by atoms with van der Waals surface area (Å²) in [6.07, 6.45) is 0.139. The third-order valence-corrected chi connectivity index (χ3v) is 6.21. The molecule has 1 atom stereocenters. The normalized spacial score (nSPS) is 15.5. The molecule has 0 aromatic heterocycles. The molecule has 1 aliphatic heterocycles. The molecular formula is C27H29ClN2O2. The Balaban J connectivity index is 1.43. The van der Waals surface area contributed by atoms with Gasteiger partial charge in [0.15, 0.2) is 6.10 Å². The first-order valence-electron chi connectivity index (χ1n) is 11.2. The van der Waals surface area contributed by atoms with E-state index in [-0.39, 0.29) is 11.9 Å². The minimum atomic E-state index is -0.484. The van der Waals surface area contributed by atoms with Gasteiger partial charge in [-0.15, -0.1) is 0 Å². The molecule has 3 aromatic carbocycles. The average molecular weight is 449 g/mol. The third-order valence-electron chi connectivity index (χ3n) is 5.96. The lowest BCUT2D eigenvalue weighted by molar-refractivity contribution is -0.140. The van der Waals surface area contributed by atoms with E-state index in [4.69, 9.17) is 16.3 Å². The Kier molecular flexibility index (Phi) is 7.46. The molecule has 1 amide bonds. The number of amides is 1. The number of rotatable bonds is 7. The van der Waals surface area contributed by atoms with Crippen molar-refractivity contribution < 1.29 is 9.53 Å². The molecule has 3 aromatic rings. The van der Waals surface area contributed by atoms with Crippen LogP contribution >= 0.6 is 11.6 Å². The van der Waals surface area contributed by atoms with Crippen molar-refractivity contribution in [1.82, 2.24) is 9.80 Å². The van der Waals surface area contributed by atoms with Gasteiger partial charge in [-0.25, -0.2) is 0 Å². The first-order chi connectivity index (χ1) is 15.7. The zero-order chi connectivity index (χ0) is 22.3. The molecule has 166 valence electrons. The Hall–Kier alpha value is -2.82. The highest BCUT2D eigenvalue weighted by atomic mass is 35.5. The quantitative estimate of drug-likeness (QED) is 0.483. The van der Waals surface area contributed by atoms with Crippen LogP contribution in [0.2, 0.25) is 5.02 Å². The van der Waals surface area contributed by atoms with E-state index in [1.807, 2.05) is 24.0 Å². The van der Waals surface area contributed by atoms with Gasteiger partial charge in [0.2, 0.25) is 0 Å². The van der Waals surface area contributed by atoms with Crippen molar-refractivity contribution in [2.75, 3.05) is 26.2 Å². The molecule has 1 fully saturated rings. The molecule has 0 unspecified atom stereocenters. The average Bonchev–Trinajstić information content (AvgIpc) is 2.85. The minimum absolute atomic E-state index is 0.0538. The molecule has 32 heavy (non-hydrogen) atoms. The van der Waals surface area contributed by atoms with Crippen molar-refractivity contribution in [1.29, 1.82) is 0 Å². The van der Waals surface area contributed by atoms with Gasteiger partial charge in [-0.05, 0) is 41.8 Å². The fourth-order valence-corrected chi connectivity index (χ4v) is 4.40. The Morgan fingerprint density at radius 3 is 1.88 bits per heavy atom. The number of carbonyl (C=O) groups is 1. The number of hydrogen-bond acceptors (Lipinski definition) is 3. The predicted molar refractivity (Wildman–Crippen MR) is 129 cm³/mol. The van der Waals surface area contributed by atoms with Crippen LogP contribution in [-0.4, -0.2) is 48.0 Å². The maximum atomic E-state index is 13.2. The van der Waals surface area contributed by atoms with Crippen LogP contribution in [0, 0.1) is 0 Å². The largest absolute Gasteiger partial charge is 0.481 e. The number of piperazine rings is 1. The molecule has 1 saturated heterocycles. The van der Waals surface area contributed by atoms with E-state index in [1.165, 1.54) is 11.1 Å². The van der Waals surface area contributed by atoms with Gasteiger partial charge in [0.25, 0.3) is 5.91 Å². The number of benzene rings is 3. The lowest BCUT2D eigenvalue weighted by Crippen LogP contribution is -2.53. The van der Waals surface area contributed by atoms with E-state index in [0.717, 1.165) is 13.1 Å². The van der Waals surface area contributed by atoms with Gasteiger partial charge in [-0.1, -0.05) is 79.2 Å². The SMILES string of the molecule is CC[C@H](Oc1ccc(Cl)cc1)C(=O)N1CCN(C(c2ccccc2)c2ccccc2)CC1. The van der Waals surface area contributed by atoms with Crippen molar-refractivity contribution in [3.63, 3.8) is 0 Å². The van der Waals surface area contributed by atoms with Crippen molar-refractivity contribution in [3.8, 4) is 5.75 Å². The monoisotopic (exact) mass is 448 g/mol. The van der Waals surface area contributed by atoms with Gasteiger partial charge in [-0.2, -0.15) is 0 Å². The molecule has 0 aliphatic carbocycles. The molecule has 1 heterocycles. The van der Waals surface area contributed by atoms with Crippen LogP contribution in [0.3, 0.4) is 0 Å². The smallest absolute Gasteiger partial charge is 0.263 e. The van der Waals surface area contributed by atoms with E-state index in [2.05, 4.69) is 53.4 Å². The second-order valence-corrected chi connectivity index (χ2v) is 8.49. The Morgan fingerprint density at radius 2 is 1.38 bits per heavy atom. The van der Waals surface area contributed by atoms with E-state index >= 15 is 0 Å². The number of carbonyl (C=O) groups excluding carboxylic acids is 1. The Bertz CT molecular complexity index is 948. The first-order valence-corrected chi connectivity index (χ1v) is 11.6. The molecule has 4 nitrogen and oxygen atoms in total. The van der Waals surface area contributed by atoms with Gasteiger partial charge < -0.3 is 9.64 Å². The predicted octanol–water partition coefficient (Wildman–Crippen LogP) is 5.43. The number of halogens is 1. The van der Waals surface area contributed by atoms with Crippen LogP contribution in [-0.2, 0) is 4.79 Å². The molecule has 0 N–H and O–H groups in total. The van der Waals surface area contributed by atoms with Crippen LogP contribution in [0.4, 0.5) is 0 Å². The van der Waals surface area contributed by atoms with Gasteiger partial charge in [0, 0.05) is 31.2 Å². The third kappa shape index (κ3) is 5.32. The lowest BCUT2D eigenvalue weighted by Gasteiger charge is -2.40. The fourth-order valence-electron chi connectivity index (χ4n) is 4.27. The number of nitrogens with zero attached hydrogens (tertiary/aromatic N) is 2. The van der Waals surface area contributed by atoms with Crippen LogP contribution < -0.4 is 4.74 Å². The van der Waals surface area contributed by atoms with Gasteiger partial charge in [-0.3, -0.25) is 9.69 Å². The Labute approximate surface area is 195 Å². The summed E-state index contributed by atoms with van der Waals surface area (Å²) in [6, 6.07) is 28.5. The second-order valence-electron chi connectivity index (χ2n) is 8.05. The number of ether oxygens (including phenoxy) is 1. The summed E-state index contributed by atoms with van der Waals surface area (Å²) < 4.78 is 5.98. The first kappa shape index (κ1) is 22.4. The molecule has 1 aliphatic rings. The van der Waals surface area contributed by atoms with E-state index < -0.39 is 6.10 Å². The minimum Gasteiger partial charge on any atom is -0.481 e. The van der Waals surface area contributed by atoms with Crippen LogP contribution in [0.5, 0.6) is 5.75 Å². The summed E-state index contributed by atoms with van der Waals surface area (Å²) in [5, 5.41) is 0.652. The number of hydrogen-bond donors (Lipinski definition) is 0. The van der Waals surface area contributed by atoms with Crippen molar-refractivity contribution in [2.24, 2.45) is 0 Å². The summed E-state index contributed by atoms with van der Waals surface area (Å²) in [4.78, 5) is 17.6. The lowest BCUT2D eigenvalue weighted by atomic mass is 9.96. The van der Waals surface area contributed by atoms with Crippen molar-refractivity contribution >= 4 is 17.5 Å². The summed E-state index contributed by atoms with van der Waals surface area (Å²) in [7, 11) is 0. The van der Waals surface area contributed by atoms with Gasteiger partial charge in [0.1, 0.15) is 5.75 Å². The van der Waals surface area contributed by atoms with Crippen LogP contribution in [0.15, 0.2) is 84.9 Å². The summed E-state index contributed by atoms with van der Waals surface area (Å²) in [5.41, 5.74) is 2.55. The van der Waals surface area contributed by atoms with Crippen molar-refractivity contribution in [2.45, 2.75) is 25.5 Å². The summed E-state index contributed by atoms with van der Waals surface area (Å²) in [6.45, 7) is 5.00. The topological polar surface area (TPSA) is 32.8 Å². The molecule has 0 saturated carbocycles. The van der Waals surface area contributed by atoms with Crippen molar-refractivity contribution in [3.05, 3.63) is 101 Å². The summed E-state index contributed by atoms with van der Waals surface area (Å²) >= 11 is 5.96. The zero-order valence-electron chi connectivity index (χ0n) is 18.4. The highest BCUT2D eigenvalue weighted by Gasteiger charge is 2.31. The standard InChI is InChI=1S/C27H29ClN2O2/c1-2-25(32-24-15-13-23(28)14-16-24)27(31)30-19-17-29(18-20-30)26(21-9-5-3-6-10-21)22-11-7-4-8-12-22/h3-16,25-26H,2,17-20H2,1H3/t25-/m0/s1. The fraction of sp³-hybridized carbons (Fsp3) is 0.296. The zero-order valence-corrected chi connectivity index (χ0v) is 19.1. The van der Waals surface area contributed by atoms with E-state index in [9.17, 15) is 4.79 Å². The molecule has 5 heteroatoms. The van der Waals surface area contributed by atoms with E-state index in [0.29, 0.717) is 30.3 Å².